The quantitative estimate of drug-likeness (QED) is 0.304. The number of amides is 3. The molecule has 40 heavy (non-hydrogen) atoms. The Labute approximate surface area is 238 Å². The van der Waals surface area contributed by atoms with Gasteiger partial charge in [-0.05, 0) is 82.2 Å². The van der Waals surface area contributed by atoms with Crippen LogP contribution in [0.15, 0.2) is 24.3 Å². The Morgan fingerprint density at radius 3 is 2.50 bits per heavy atom. The van der Waals surface area contributed by atoms with Gasteiger partial charge in [-0.25, -0.2) is 0 Å². The number of ether oxygens (including phenoxy) is 1. The van der Waals surface area contributed by atoms with Crippen LogP contribution in [-0.2, 0) is 9.59 Å². The lowest BCUT2D eigenvalue weighted by Gasteiger charge is -2.52. The van der Waals surface area contributed by atoms with Gasteiger partial charge in [0.05, 0.1) is 19.3 Å². The minimum absolute atomic E-state index is 0.0453. The van der Waals surface area contributed by atoms with Crippen molar-refractivity contribution in [2.24, 2.45) is 5.92 Å². The first-order valence-electron chi connectivity index (χ1n) is 14.8. The summed E-state index contributed by atoms with van der Waals surface area (Å²) in [4.78, 5) is 42.9. The van der Waals surface area contributed by atoms with Crippen LogP contribution in [0, 0.1) is 17.8 Å². The second-order valence-corrected chi connectivity index (χ2v) is 11.2. The summed E-state index contributed by atoms with van der Waals surface area (Å²) < 4.78 is 5.82. The maximum atomic E-state index is 13.7. The molecule has 4 rings (SSSR count). The number of rotatable bonds is 10. The number of carbonyl (C=O) groups excluding carboxylic acids is 3. The van der Waals surface area contributed by atoms with E-state index in [1.807, 2.05) is 0 Å². The molecule has 2 saturated heterocycles. The largest absolute Gasteiger partial charge is 0.494 e. The molecule has 2 atom stereocenters. The van der Waals surface area contributed by atoms with E-state index in [9.17, 15) is 19.5 Å². The van der Waals surface area contributed by atoms with E-state index in [1.54, 1.807) is 43.1 Å². The first-order valence-corrected chi connectivity index (χ1v) is 14.8. The van der Waals surface area contributed by atoms with Gasteiger partial charge in [-0.2, -0.15) is 0 Å². The summed E-state index contributed by atoms with van der Waals surface area (Å²) in [5, 5.41) is 16.6. The highest BCUT2D eigenvalue weighted by atomic mass is 16.5. The van der Waals surface area contributed by atoms with Crippen LogP contribution in [0.2, 0.25) is 0 Å². The summed E-state index contributed by atoms with van der Waals surface area (Å²) in [5.41, 5.74) is -0.313. The minimum Gasteiger partial charge on any atom is -0.494 e. The van der Waals surface area contributed by atoms with Crippen molar-refractivity contribution in [1.29, 1.82) is 0 Å². The standard InChI is InChI=1S/C31H44N4O5/c1-3-4-19-35-29(38)26(27(36)23-10-6-5-7-11-23)33-30(39)31(35)16-20-34(21-17-31)18-8-9-22-40-25-14-12-24(13-15-25)28(37)32-2/h12-15,23,26-27,36H,5-11,16-22H2,1-2H3,(H,32,37)(H,33,39)/t26-,27-/m1/s1. The van der Waals surface area contributed by atoms with E-state index < -0.39 is 17.7 Å². The maximum Gasteiger partial charge on any atom is 0.251 e. The molecule has 3 amide bonds. The Hall–Kier alpha value is -3.09. The molecule has 9 nitrogen and oxygen atoms in total. The number of nitrogens with one attached hydrogen (secondary N) is 2. The van der Waals surface area contributed by atoms with Crippen molar-refractivity contribution in [3.63, 3.8) is 0 Å². The van der Waals surface area contributed by atoms with Crippen molar-refractivity contribution >= 4 is 17.7 Å². The van der Waals surface area contributed by atoms with Crippen LogP contribution in [0.1, 0.15) is 75.1 Å². The van der Waals surface area contributed by atoms with E-state index in [-0.39, 0.29) is 30.2 Å². The summed E-state index contributed by atoms with van der Waals surface area (Å²) in [5.74, 6) is 6.19. The van der Waals surface area contributed by atoms with Gasteiger partial charge in [-0.1, -0.05) is 25.2 Å². The molecule has 2 aliphatic heterocycles. The summed E-state index contributed by atoms with van der Waals surface area (Å²) in [7, 11) is 1.61. The molecule has 2 heterocycles. The van der Waals surface area contributed by atoms with Gasteiger partial charge in [0.2, 0.25) is 11.8 Å². The molecule has 218 valence electrons. The third-order valence-electron chi connectivity index (χ3n) is 8.81. The summed E-state index contributed by atoms with van der Waals surface area (Å²) in [6, 6.07) is 6.21. The highest BCUT2D eigenvalue weighted by Gasteiger charge is 2.55. The number of aliphatic hydroxyl groups excluding tert-OH is 1. The van der Waals surface area contributed by atoms with E-state index in [0.717, 1.165) is 57.2 Å². The van der Waals surface area contributed by atoms with Gasteiger partial charge in [0.15, 0.2) is 0 Å². The Kier molecular flexibility index (Phi) is 10.5. The lowest BCUT2D eigenvalue weighted by molar-refractivity contribution is -0.164. The smallest absolute Gasteiger partial charge is 0.251 e. The molecule has 1 aliphatic carbocycles. The number of benzene rings is 1. The van der Waals surface area contributed by atoms with Crippen LogP contribution < -0.4 is 15.4 Å². The molecule has 0 unspecified atom stereocenters. The van der Waals surface area contributed by atoms with Crippen LogP contribution >= 0.6 is 0 Å². The SMILES string of the molecule is CC#CCN1C(=O)[C@@H]([C@H](O)C2CCCCC2)NC(=O)C12CCN(CCCCOc1ccc(C(=O)NC)cc1)CC2. The summed E-state index contributed by atoms with van der Waals surface area (Å²) in [6.07, 6.45) is 7.14. The first kappa shape index (κ1) is 29.9. The van der Waals surface area contributed by atoms with E-state index in [0.29, 0.717) is 38.1 Å². The van der Waals surface area contributed by atoms with E-state index in [4.69, 9.17) is 4.74 Å². The second kappa shape index (κ2) is 14.0. The number of hydrogen-bond acceptors (Lipinski definition) is 6. The number of aliphatic hydroxyl groups is 1. The van der Waals surface area contributed by atoms with Crippen LogP contribution in [0.3, 0.4) is 0 Å². The third kappa shape index (κ3) is 6.79. The number of hydrogen-bond donors (Lipinski definition) is 3. The van der Waals surface area contributed by atoms with Crippen molar-refractivity contribution in [3.8, 4) is 17.6 Å². The zero-order chi connectivity index (χ0) is 28.5. The molecule has 9 heteroatoms. The van der Waals surface area contributed by atoms with Crippen molar-refractivity contribution < 1.29 is 24.2 Å². The zero-order valence-corrected chi connectivity index (χ0v) is 23.9. The number of piperidine rings is 1. The van der Waals surface area contributed by atoms with E-state index in [2.05, 4.69) is 27.4 Å². The normalized spacial score (nSPS) is 22.3. The monoisotopic (exact) mass is 552 g/mol. The number of likely N-dealkylation sites (tertiary alicyclic amines) is 1. The average molecular weight is 553 g/mol. The Morgan fingerprint density at radius 2 is 1.85 bits per heavy atom. The van der Waals surface area contributed by atoms with Crippen molar-refractivity contribution in [3.05, 3.63) is 29.8 Å². The van der Waals surface area contributed by atoms with E-state index in [1.165, 1.54) is 0 Å². The van der Waals surface area contributed by atoms with Gasteiger partial charge in [0.25, 0.3) is 5.91 Å². The Bertz CT molecular complexity index is 1080. The molecule has 1 spiro atoms. The summed E-state index contributed by atoms with van der Waals surface area (Å²) >= 11 is 0. The van der Waals surface area contributed by atoms with Crippen LogP contribution in [-0.4, -0.2) is 90.1 Å². The van der Waals surface area contributed by atoms with Gasteiger partial charge in [-0.3, -0.25) is 14.4 Å². The van der Waals surface area contributed by atoms with Crippen LogP contribution in [0.25, 0.3) is 0 Å². The summed E-state index contributed by atoms with van der Waals surface area (Å²) in [6.45, 7) is 4.85. The topological polar surface area (TPSA) is 111 Å². The van der Waals surface area contributed by atoms with Gasteiger partial charge >= 0.3 is 0 Å². The fourth-order valence-corrected chi connectivity index (χ4v) is 6.32. The Morgan fingerprint density at radius 1 is 1.15 bits per heavy atom. The molecule has 3 fully saturated rings. The van der Waals surface area contributed by atoms with Crippen molar-refractivity contribution in [2.45, 2.75) is 82.4 Å². The number of unbranched alkanes of at least 4 members (excludes halogenated alkanes) is 1. The van der Waals surface area contributed by atoms with Crippen LogP contribution in [0.5, 0.6) is 5.75 Å². The highest BCUT2D eigenvalue weighted by molar-refractivity contribution is 6.00. The lowest BCUT2D eigenvalue weighted by atomic mass is 9.78. The van der Waals surface area contributed by atoms with Crippen molar-refractivity contribution in [1.82, 2.24) is 20.4 Å². The molecule has 1 aromatic rings. The van der Waals surface area contributed by atoms with Gasteiger partial charge < -0.3 is 30.3 Å². The zero-order valence-electron chi connectivity index (χ0n) is 23.9. The predicted molar refractivity (Wildman–Crippen MR) is 153 cm³/mol. The molecular formula is C31H44N4O5. The molecule has 1 aromatic carbocycles. The molecular weight excluding hydrogens is 508 g/mol. The highest BCUT2D eigenvalue weighted by Crippen LogP contribution is 2.35. The fourth-order valence-electron chi connectivity index (χ4n) is 6.32. The van der Waals surface area contributed by atoms with Crippen molar-refractivity contribution in [2.75, 3.05) is 39.8 Å². The predicted octanol–water partition coefficient (Wildman–Crippen LogP) is 2.33. The number of piperazine rings is 1. The number of carbonyl (C=O) groups is 3. The molecule has 1 saturated carbocycles. The van der Waals surface area contributed by atoms with Gasteiger partial charge in [0, 0.05) is 25.7 Å². The molecule has 3 aliphatic rings. The minimum atomic E-state index is -0.913. The first-order chi connectivity index (χ1) is 19.4. The molecule has 0 bridgehead atoms. The maximum absolute atomic E-state index is 13.7. The third-order valence-corrected chi connectivity index (χ3v) is 8.81. The molecule has 0 aromatic heterocycles. The molecule has 3 N–H and O–H groups in total. The molecule has 0 radical (unpaired) electrons. The number of nitrogens with zero attached hydrogens (tertiary/aromatic N) is 2. The second-order valence-electron chi connectivity index (χ2n) is 11.2. The average Bonchev–Trinajstić information content (AvgIpc) is 2.99. The van der Waals surface area contributed by atoms with Crippen LogP contribution in [0.4, 0.5) is 0 Å². The van der Waals surface area contributed by atoms with Gasteiger partial charge in [-0.15, -0.1) is 5.92 Å². The Balaban J connectivity index is 1.27. The van der Waals surface area contributed by atoms with E-state index >= 15 is 0 Å². The van der Waals surface area contributed by atoms with Gasteiger partial charge in [0.1, 0.15) is 17.3 Å². The fraction of sp³-hybridized carbons (Fsp3) is 0.645. The lowest BCUT2D eigenvalue weighted by Crippen LogP contribution is -2.75.